The normalized spacial score (nSPS) is 17.1. The highest BCUT2D eigenvalue weighted by atomic mass is 16.8. The van der Waals surface area contributed by atoms with Gasteiger partial charge >= 0.3 is 6.16 Å². The quantitative estimate of drug-likeness (QED) is 0.355. The molecule has 31 heavy (non-hydrogen) atoms. The molecule has 1 aliphatic rings. The molecule has 0 saturated heterocycles. The van der Waals surface area contributed by atoms with Crippen molar-refractivity contribution in [2.75, 3.05) is 7.11 Å². The molecular formula is C24H31N3O4. The summed E-state index contributed by atoms with van der Waals surface area (Å²) in [6.07, 6.45) is 0.221. The van der Waals surface area contributed by atoms with Crippen molar-refractivity contribution < 1.29 is 19.0 Å². The van der Waals surface area contributed by atoms with Crippen LogP contribution in [0.4, 0.5) is 4.79 Å². The lowest BCUT2D eigenvalue weighted by Gasteiger charge is -2.22. The van der Waals surface area contributed by atoms with E-state index in [9.17, 15) is 4.79 Å². The zero-order valence-electron chi connectivity index (χ0n) is 19.3. The molecule has 0 radical (unpaired) electrons. The molecule has 3 rings (SSSR count). The zero-order valence-corrected chi connectivity index (χ0v) is 19.3. The van der Waals surface area contributed by atoms with Gasteiger partial charge in [0, 0.05) is 25.3 Å². The average molecular weight is 426 g/mol. The van der Waals surface area contributed by atoms with Crippen LogP contribution in [0.2, 0.25) is 0 Å². The van der Waals surface area contributed by atoms with Crippen LogP contribution >= 0.6 is 0 Å². The van der Waals surface area contributed by atoms with Gasteiger partial charge in [0.2, 0.25) is 6.29 Å². The molecule has 0 aliphatic carbocycles. The van der Waals surface area contributed by atoms with Crippen LogP contribution in [0.1, 0.15) is 57.1 Å². The third-order valence-corrected chi connectivity index (χ3v) is 5.05. The maximum atomic E-state index is 11.6. The molecular weight excluding hydrogens is 394 g/mol. The molecule has 7 nitrogen and oxygen atoms in total. The van der Waals surface area contributed by atoms with E-state index in [1.807, 2.05) is 30.8 Å². The van der Waals surface area contributed by atoms with Crippen LogP contribution in [0, 0.1) is 6.92 Å². The number of aliphatic imine (C=N–C) groups is 1. The Morgan fingerprint density at radius 2 is 1.84 bits per heavy atom. The van der Waals surface area contributed by atoms with E-state index < -0.39 is 12.4 Å². The maximum Gasteiger partial charge on any atom is 0.511 e. The first-order valence-electron chi connectivity index (χ1n) is 10.5. The van der Waals surface area contributed by atoms with Crippen LogP contribution in [0.3, 0.4) is 0 Å². The number of nitrogens with zero attached hydrogens (tertiary/aromatic N) is 3. The number of hydrogen-bond donors (Lipinski definition) is 0. The van der Waals surface area contributed by atoms with Gasteiger partial charge in [0.05, 0.1) is 12.8 Å². The van der Waals surface area contributed by atoms with Gasteiger partial charge in [-0.25, -0.2) is 4.79 Å². The largest absolute Gasteiger partial charge is 0.511 e. The molecule has 0 bridgehead atoms. The fraction of sp³-hybridized carbons (Fsp3) is 0.458. The van der Waals surface area contributed by atoms with Gasteiger partial charge in [0.1, 0.15) is 11.7 Å². The molecule has 2 aromatic rings. The van der Waals surface area contributed by atoms with E-state index in [0.29, 0.717) is 12.3 Å². The van der Waals surface area contributed by atoms with Crippen molar-refractivity contribution in [3.63, 3.8) is 0 Å². The first-order valence-corrected chi connectivity index (χ1v) is 10.5. The standard InChI is InChI=1S/C24H31N3O4/c1-8-27-20(13-15(2)26-27)22(30-16(3)31-23(28)29-7)21(19-14-25-19)17-9-11-18(12-10-17)24(4,5)6/h9-14,16,19H,8H2,1-7H3/b22-21+. The number of carbonyl (C=O) groups excluding carboxylic acids is 1. The third kappa shape index (κ3) is 5.34. The molecule has 1 aliphatic heterocycles. The van der Waals surface area contributed by atoms with E-state index in [1.54, 1.807) is 6.92 Å². The smallest absolute Gasteiger partial charge is 0.452 e. The molecule has 0 N–H and O–H groups in total. The molecule has 1 aromatic heterocycles. The molecule has 7 heteroatoms. The third-order valence-electron chi connectivity index (χ3n) is 5.05. The number of ether oxygens (including phenoxy) is 3. The number of carbonyl (C=O) groups is 1. The Bertz CT molecular complexity index is 991. The Labute approximate surface area is 183 Å². The predicted octanol–water partition coefficient (Wildman–Crippen LogP) is 4.98. The van der Waals surface area contributed by atoms with Crippen molar-refractivity contribution in [1.82, 2.24) is 9.78 Å². The van der Waals surface area contributed by atoms with Crippen molar-refractivity contribution >= 4 is 23.7 Å². The Morgan fingerprint density at radius 3 is 2.35 bits per heavy atom. The minimum atomic E-state index is -0.856. The average Bonchev–Trinajstić information content (AvgIpc) is 3.47. The lowest BCUT2D eigenvalue weighted by molar-refractivity contribution is -0.0620. The first-order chi connectivity index (χ1) is 14.6. The second-order valence-electron chi connectivity index (χ2n) is 8.56. The van der Waals surface area contributed by atoms with E-state index in [0.717, 1.165) is 22.5 Å². The second kappa shape index (κ2) is 8.96. The molecule has 0 spiro atoms. The first kappa shape index (κ1) is 22.6. The lowest BCUT2D eigenvalue weighted by Crippen LogP contribution is -2.20. The van der Waals surface area contributed by atoms with Crippen molar-refractivity contribution in [2.45, 2.75) is 65.8 Å². The monoisotopic (exact) mass is 425 g/mol. The summed E-state index contributed by atoms with van der Waals surface area (Å²) in [4.78, 5) is 16.0. The van der Waals surface area contributed by atoms with Crippen molar-refractivity contribution in [2.24, 2.45) is 4.99 Å². The predicted molar refractivity (Wildman–Crippen MR) is 121 cm³/mol. The summed E-state index contributed by atoms with van der Waals surface area (Å²) >= 11 is 0. The van der Waals surface area contributed by atoms with Gasteiger partial charge in [-0.3, -0.25) is 9.67 Å². The zero-order chi connectivity index (χ0) is 22.8. The summed E-state index contributed by atoms with van der Waals surface area (Å²) in [5.74, 6) is 0.588. The molecule has 0 saturated carbocycles. The van der Waals surface area contributed by atoms with Crippen molar-refractivity contribution in [3.8, 4) is 0 Å². The van der Waals surface area contributed by atoms with E-state index in [1.165, 1.54) is 12.7 Å². The van der Waals surface area contributed by atoms with Gasteiger partial charge in [-0.2, -0.15) is 5.10 Å². The van der Waals surface area contributed by atoms with Crippen LogP contribution in [-0.2, 0) is 26.2 Å². The van der Waals surface area contributed by atoms with Crippen LogP contribution in [-0.4, -0.2) is 41.6 Å². The minimum Gasteiger partial charge on any atom is -0.452 e. The number of rotatable bonds is 7. The van der Waals surface area contributed by atoms with Gasteiger partial charge < -0.3 is 14.2 Å². The van der Waals surface area contributed by atoms with Gasteiger partial charge in [0.15, 0.2) is 5.76 Å². The Morgan fingerprint density at radius 1 is 1.19 bits per heavy atom. The summed E-state index contributed by atoms with van der Waals surface area (Å²) < 4.78 is 17.9. The summed E-state index contributed by atoms with van der Waals surface area (Å²) in [7, 11) is 1.27. The number of aromatic nitrogens is 2. The summed E-state index contributed by atoms with van der Waals surface area (Å²) in [5, 5.41) is 4.57. The van der Waals surface area contributed by atoms with Gasteiger partial charge in [0.25, 0.3) is 0 Å². The Hall–Kier alpha value is -3.09. The van der Waals surface area contributed by atoms with Crippen molar-refractivity contribution in [1.29, 1.82) is 0 Å². The fourth-order valence-corrected chi connectivity index (χ4v) is 3.38. The molecule has 2 atom stereocenters. The van der Waals surface area contributed by atoms with Crippen LogP contribution < -0.4 is 0 Å². The van der Waals surface area contributed by atoms with Gasteiger partial charge in [-0.05, 0) is 36.5 Å². The van der Waals surface area contributed by atoms with Crippen LogP contribution in [0.15, 0.2) is 35.3 Å². The van der Waals surface area contributed by atoms with Gasteiger partial charge in [-0.15, -0.1) is 0 Å². The second-order valence-corrected chi connectivity index (χ2v) is 8.56. The van der Waals surface area contributed by atoms with Crippen LogP contribution in [0.25, 0.3) is 11.3 Å². The molecule has 2 heterocycles. The van der Waals surface area contributed by atoms with Crippen molar-refractivity contribution in [3.05, 3.63) is 52.8 Å². The topological polar surface area (TPSA) is 74.9 Å². The highest BCUT2D eigenvalue weighted by molar-refractivity contribution is 6.03. The summed E-state index contributed by atoms with van der Waals surface area (Å²) in [5.41, 5.74) is 4.89. The molecule has 0 amide bonds. The molecule has 0 fully saturated rings. The van der Waals surface area contributed by atoms with E-state index in [4.69, 9.17) is 9.47 Å². The van der Waals surface area contributed by atoms with E-state index in [2.05, 4.69) is 59.9 Å². The number of hydrogen-bond acceptors (Lipinski definition) is 6. The molecule has 166 valence electrons. The van der Waals surface area contributed by atoms with E-state index >= 15 is 0 Å². The maximum absolute atomic E-state index is 11.6. The fourth-order valence-electron chi connectivity index (χ4n) is 3.38. The number of methoxy groups -OCH3 is 1. The SMILES string of the molecule is CCn1nc(C)cc1/C(OC(C)OC(=O)OC)=C(/c1ccc(C(C)(C)C)cc1)C1C=N1. The number of aryl methyl sites for hydroxylation is 2. The molecule has 2 unspecified atom stereocenters. The lowest BCUT2D eigenvalue weighted by atomic mass is 9.86. The molecule has 1 aromatic carbocycles. The minimum absolute atomic E-state index is 0.0542. The Kier molecular flexibility index (Phi) is 6.53. The highest BCUT2D eigenvalue weighted by Crippen LogP contribution is 2.36. The van der Waals surface area contributed by atoms with E-state index in [-0.39, 0.29) is 11.5 Å². The number of benzene rings is 1. The highest BCUT2D eigenvalue weighted by Gasteiger charge is 2.30. The summed E-state index contributed by atoms with van der Waals surface area (Å²) in [6, 6.07) is 10.3. The van der Waals surface area contributed by atoms with Crippen LogP contribution in [0.5, 0.6) is 0 Å². The Balaban J connectivity index is 2.11. The summed E-state index contributed by atoms with van der Waals surface area (Å²) in [6.45, 7) is 12.8. The van der Waals surface area contributed by atoms with Gasteiger partial charge in [-0.1, -0.05) is 45.0 Å².